The van der Waals surface area contributed by atoms with Crippen LogP contribution in [-0.4, -0.2) is 20.2 Å². The number of nitrogen functional groups attached to an aromatic ring is 1. The molecule has 1 aromatic carbocycles. The molecule has 5 nitrogen and oxygen atoms in total. The molecule has 5 heteroatoms. The van der Waals surface area contributed by atoms with E-state index in [4.69, 9.17) is 5.73 Å². The highest BCUT2D eigenvalue weighted by Crippen LogP contribution is 2.35. The topological polar surface area (TPSA) is 69.6 Å². The summed E-state index contributed by atoms with van der Waals surface area (Å²) in [6, 6.07) is 8.15. The number of aromatic nitrogens is 4. The van der Waals surface area contributed by atoms with Crippen LogP contribution < -0.4 is 5.73 Å². The molecule has 0 aliphatic heterocycles. The van der Waals surface area contributed by atoms with Gasteiger partial charge in [-0.1, -0.05) is 31.9 Å². The van der Waals surface area contributed by atoms with Crippen molar-refractivity contribution in [2.24, 2.45) is 5.92 Å². The van der Waals surface area contributed by atoms with Crippen LogP contribution in [0.2, 0.25) is 0 Å². The molecule has 0 bridgehead atoms. The number of nitrogens with two attached hydrogens (primary N) is 1. The fourth-order valence-electron chi connectivity index (χ4n) is 2.94. The van der Waals surface area contributed by atoms with Crippen LogP contribution in [0, 0.1) is 5.92 Å². The number of hydrogen-bond acceptors (Lipinski definition) is 4. The van der Waals surface area contributed by atoms with E-state index < -0.39 is 0 Å². The molecule has 1 aliphatic rings. The van der Waals surface area contributed by atoms with Crippen LogP contribution in [0.5, 0.6) is 0 Å². The van der Waals surface area contributed by atoms with Gasteiger partial charge in [-0.05, 0) is 41.3 Å². The van der Waals surface area contributed by atoms with Gasteiger partial charge in [0.15, 0.2) is 5.82 Å². The Morgan fingerprint density at radius 1 is 1.26 bits per heavy atom. The van der Waals surface area contributed by atoms with E-state index in [1.807, 2.05) is 28.9 Å². The molecule has 0 saturated heterocycles. The lowest BCUT2D eigenvalue weighted by molar-refractivity contribution is 0.239. The van der Waals surface area contributed by atoms with Gasteiger partial charge in [-0.3, -0.25) is 0 Å². The lowest BCUT2D eigenvalue weighted by atomic mass is 9.86. The Bertz CT molecular complexity index is 562. The molecule has 2 atom stereocenters. The second-order valence-electron chi connectivity index (χ2n) is 5.40. The number of nitrogens with zero attached hydrogens (tertiary/aromatic N) is 4. The molecular formula is C14H19N5. The summed E-state index contributed by atoms with van der Waals surface area (Å²) in [4.78, 5) is 0. The van der Waals surface area contributed by atoms with Crippen LogP contribution in [0.1, 0.15) is 38.6 Å². The van der Waals surface area contributed by atoms with E-state index in [0.717, 1.165) is 23.5 Å². The van der Waals surface area contributed by atoms with Gasteiger partial charge in [-0.25, -0.2) is 4.68 Å². The van der Waals surface area contributed by atoms with Gasteiger partial charge in [0.2, 0.25) is 0 Å². The van der Waals surface area contributed by atoms with Crippen LogP contribution in [0.15, 0.2) is 24.3 Å². The van der Waals surface area contributed by atoms with Gasteiger partial charge in [0.05, 0.1) is 6.04 Å². The molecule has 0 spiro atoms. The largest absolute Gasteiger partial charge is 0.399 e. The predicted octanol–water partition coefficient (Wildman–Crippen LogP) is 2.67. The summed E-state index contributed by atoms with van der Waals surface area (Å²) in [6.07, 6.45) is 4.97. The molecule has 1 aliphatic carbocycles. The Morgan fingerprint density at radius 3 is 2.89 bits per heavy atom. The monoisotopic (exact) mass is 257 g/mol. The summed E-state index contributed by atoms with van der Waals surface area (Å²) < 4.78 is 1.98. The Morgan fingerprint density at radius 2 is 2.11 bits per heavy atom. The van der Waals surface area contributed by atoms with Gasteiger partial charge in [0.25, 0.3) is 0 Å². The zero-order valence-corrected chi connectivity index (χ0v) is 11.2. The Kier molecular flexibility index (Phi) is 3.19. The zero-order valence-electron chi connectivity index (χ0n) is 11.2. The molecule has 1 saturated carbocycles. The maximum atomic E-state index is 5.84. The molecule has 1 fully saturated rings. The molecule has 3 rings (SSSR count). The molecule has 100 valence electrons. The van der Waals surface area contributed by atoms with Gasteiger partial charge < -0.3 is 5.73 Å². The van der Waals surface area contributed by atoms with E-state index in [-0.39, 0.29) is 0 Å². The third kappa shape index (κ3) is 2.32. The number of hydrogen-bond donors (Lipinski definition) is 1. The second-order valence-corrected chi connectivity index (χ2v) is 5.40. The minimum Gasteiger partial charge on any atom is -0.399 e. The molecule has 1 aromatic heterocycles. The Balaban J connectivity index is 1.98. The lowest BCUT2D eigenvalue weighted by Crippen LogP contribution is -2.23. The highest BCUT2D eigenvalue weighted by molar-refractivity contribution is 5.60. The standard InChI is InChI=1S/C14H19N5/c1-10-5-2-3-8-13(10)19-14(16-17-18-19)11-6-4-7-12(15)9-11/h4,6-7,9-10,13H,2-3,5,8,15H2,1H3. The summed E-state index contributed by atoms with van der Waals surface area (Å²) in [5.41, 5.74) is 7.57. The van der Waals surface area contributed by atoms with Gasteiger partial charge >= 0.3 is 0 Å². The first-order valence-corrected chi connectivity index (χ1v) is 6.89. The number of anilines is 1. The number of benzene rings is 1. The summed E-state index contributed by atoms with van der Waals surface area (Å²) in [5.74, 6) is 1.45. The average Bonchev–Trinajstić information content (AvgIpc) is 2.88. The Hall–Kier alpha value is -1.91. The quantitative estimate of drug-likeness (QED) is 0.840. The normalized spacial score (nSPS) is 23.4. The van der Waals surface area contributed by atoms with Crippen LogP contribution in [0.3, 0.4) is 0 Å². The highest BCUT2D eigenvalue weighted by Gasteiger charge is 2.26. The molecule has 0 radical (unpaired) electrons. The van der Waals surface area contributed by atoms with E-state index in [1.54, 1.807) is 0 Å². The lowest BCUT2D eigenvalue weighted by Gasteiger charge is -2.29. The second kappa shape index (κ2) is 4.99. The van der Waals surface area contributed by atoms with E-state index in [0.29, 0.717) is 12.0 Å². The van der Waals surface area contributed by atoms with Gasteiger partial charge in [-0.15, -0.1) is 5.10 Å². The summed E-state index contributed by atoms with van der Waals surface area (Å²) >= 11 is 0. The van der Waals surface area contributed by atoms with Crippen molar-refractivity contribution in [1.82, 2.24) is 20.2 Å². The minimum atomic E-state index is 0.403. The summed E-state index contributed by atoms with van der Waals surface area (Å²) in [5, 5.41) is 12.3. The van der Waals surface area contributed by atoms with Crippen molar-refractivity contribution >= 4 is 5.69 Å². The maximum Gasteiger partial charge on any atom is 0.182 e. The molecule has 2 aromatic rings. The smallest absolute Gasteiger partial charge is 0.182 e. The van der Waals surface area contributed by atoms with Crippen LogP contribution >= 0.6 is 0 Å². The van der Waals surface area contributed by atoms with Crippen molar-refractivity contribution < 1.29 is 0 Å². The molecule has 19 heavy (non-hydrogen) atoms. The van der Waals surface area contributed by atoms with E-state index >= 15 is 0 Å². The van der Waals surface area contributed by atoms with Gasteiger partial charge in [-0.2, -0.15) is 0 Å². The van der Waals surface area contributed by atoms with Crippen molar-refractivity contribution in [1.29, 1.82) is 0 Å². The number of rotatable bonds is 2. The molecule has 2 unspecified atom stereocenters. The Labute approximate surface area is 112 Å². The van der Waals surface area contributed by atoms with E-state index in [9.17, 15) is 0 Å². The summed E-state index contributed by atoms with van der Waals surface area (Å²) in [7, 11) is 0. The third-order valence-corrected chi connectivity index (χ3v) is 4.02. The molecule has 0 amide bonds. The van der Waals surface area contributed by atoms with Crippen molar-refractivity contribution in [2.45, 2.75) is 38.6 Å². The van der Waals surface area contributed by atoms with Crippen LogP contribution in [-0.2, 0) is 0 Å². The minimum absolute atomic E-state index is 0.403. The highest BCUT2D eigenvalue weighted by atomic mass is 15.5. The average molecular weight is 257 g/mol. The van der Waals surface area contributed by atoms with Crippen molar-refractivity contribution in [3.8, 4) is 11.4 Å². The molecular weight excluding hydrogens is 238 g/mol. The van der Waals surface area contributed by atoms with Crippen molar-refractivity contribution in [2.75, 3.05) is 5.73 Å². The molecule has 1 heterocycles. The summed E-state index contributed by atoms with van der Waals surface area (Å²) in [6.45, 7) is 2.29. The van der Waals surface area contributed by atoms with E-state index in [2.05, 4.69) is 22.4 Å². The third-order valence-electron chi connectivity index (χ3n) is 4.02. The first-order valence-electron chi connectivity index (χ1n) is 6.89. The fourth-order valence-corrected chi connectivity index (χ4v) is 2.94. The predicted molar refractivity (Wildman–Crippen MR) is 74.3 cm³/mol. The molecule has 2 N–H and O–H groups in total. The maximum absolute atomic E-state index is 5.84. The van der Waals surface area contributed by atoms with Crippen molar-refractivity contribution in [3.63, 3.8) is 0 Å². The van der Waals surface area contributed by atoms with Gasteiger partial charge in [0, 0.05) is 11.3 Å². The van der Waals surface area contributed by atoms with Crippen LogP contribution in [0.4, 0.5) is 5.69 Å². The number of tetrazole rings is 1. The van der Waals surface area contributed by atoms with Crippen LogP contribution in [0.25, 0.3) is 11.4 Å². The van der Waals surface area contributed by atoms with Crippen molar-refractivity contribution in [3.05, 3.63) is 24.3 Å². The van der Waals surface area contributed by atoms with Gasteiger partial charge in [0.1, 0.15) is 0 Å². The zero-order chi connectivity index (χ0) is 13.2. The first kappa shape index (κ1) is 12.1. The first-order chi connectivity index (χ1) is 9.25. The SMILES string of the molecule is CC1CCCCC1n1nnnc1-c1cccc(N)c1. The van der Waals surface area contributed by atoms with E-state index in [1.165, 1.54) is 19.3 Å². The fraction of sp³-hybridized carbons (Fsp3) is 0.500.